The highest BCUT2D eigenvalue weighted by atomic mass is 32.2. The molecule has 17 heavy (non-hydrogen) atoms. The fourth-order valence-corrected chi connectivity index (χ4v) is 2.92. The predicted molar refractivity (Wildman–Crippen MR) is 68.8 cm³/mol. The highest BCUT2D eigenvalue weighted by molar-refractivity contribution is 7.99. The molecule has 4 heteroatoms. The lowest BCUT2D eigenvalue weighted by molar-refractivity contribution is -0.118. The fraction of sp³-hybridized carbons (Fsp3) is 0.462. The van der Waals surface area contributed by atoms with Crippen LogP contribution in [0.15, 0.2) is 24.3 Å². The Labute approximate surface area is 105 Å². The number of benzene rings is 1. The second kappa shape index (κ2) is 6.17. The fourth-order valence-electron chi connectivity index (χ4n) is 1.97. The zero-order valence-electron chi connectivity index (χ0n) is 9.62. The number of hydrogen-bond acceptors (Lipinski definition) is 3. The van der Waals surface area contributed by atoms with E-state index in [-0.39, 0.29) is 17.6 Å². The van der Waals surface area contributed by atoms with Crippen LogP contribution < -0.4 is 5.32 Å². The Hall–Kier alpha value is -0.870. The average Bonchev–Trinajstić information content (AvgIpc) is 2.30. The number of carbonyl (C=O) groups is 1. The molecule has 1 N–H and O–H groups in total. The molecule has 0 saturated carbocycles. The number of carbonyl (C=O) groups excluding carboxylic acids is 1. The third-order valence-electron chi connectivity index (χ3n) is 2.76. The molecule has 1 unspecified atom stereocenters. The predicted octanol–water partition coefficient (Wildman–Crippen LogP) is 2.03. The lowest BCUT2D eigenvalue weighted by Gasteiger charge is -2.22. The molecule has 1 atom stereocenters. The van der Waals surface area contributed by atoms with Gasteiger partial charge in [0.2, 0.25) is 0 Å². The molecular formula is C13H16FNOS. The monoisotopic (exact) mass is 253 g/mol. The van der Waals surface area contributed by atoms with E-state index in [4.69, 9.17) is 0 Å². The smallest absolute Gasteiger partial charge is 0.138 e. The maximum Gasteiger partial charge on any atom is 0.138 e. The van der Waals surface area contributed by atoms with Crippen molar-refractivity contribution in [1.82, 2.24) is 5.32 Å². The molecule has 1 aromatic rings. The molecule has 1 aliphatic rings. The van der Waals surface area contributed by atoms with Crippen LogP contribution in [0, 0.1) is 5.82 Å². The second-order valence-electron chi connectivity index (χ2n) is 4.28. The summed E-state index contributed by atoms with van der Waals surface area (Å²) in [6, 6.07) is 6.56. The van der Waals surface area contributed by atoms with Gasteiger partial charge in [0.15, 0.2) is 0 Å². The molecule has 1 heterocycles. The number of Topliss-reactive ketones (excluding diaryl/α,β-unsaturated/α-hetero) is 1. The van der Waals surface area contributed by atoms with Crippen molar-refractivity contribution >= 4 is 17.5 Å². The molecule has 1 fully saturated rings. The van der Waals surface area contributed by atoms with Gasteiger partial charge in [-0.3, -0.25) is 4.79 Å². The molecule has 1 saturated heterocycles. The minimum absolute atomic E-state index is 0.176. The van der Waals surface area contributed by atoms with Gasteiger partial charge in [-0.05, 0) is 17.7 Å². The summed E-state index contributed by atoms with van der Waals surface area (Å²) in [6.45, 7) is 0.975. The third-order valence-corrected chi connectivity index (χ3v) is 3.89. The number of hydrogen-bond donors (Lipinski definition) is 1. The zero-order chi connectivity index (χ0) is 12.1. The van der Waals surface area contributed by atoms with E-state index in [0.717, 1.165) is 23.6 Å². The highest BCUT2D eigenvalue weighted by Gasteiger charge is 2.16. The minimum Gasteiger partial charge on any atom is -0.312 e. The summed E-state index contributed by atoms with van der Waals surface area (Å²) in [5.74, 6) is 2.01. The van der Waals surface area contributed by atoms with Crippen LogP contribution in [0.4, 0.5) is 4.39 Å². The Morgan fingerprint density at radius 3 is 3.12 bits per heavy atom. The van der Waals surface area contributed by atoms with E-state index in [1.807, 2.05) is 11.8 Å². The van der Waals surface area contributed by atoms with Gasteiger partial charge in [0.25, 0.3) is 0 Å². The summed E-state index contributed by atoms with van der Waals surface area (Å²) in [4.78, 5) is 11.8. The topological polar surface area (TPSA) is 29.1 Å². The van der Waals surface area contributed by atoms with Crippen LogP contribution in [-0.2, 0) is 11.2 Å². The molecule has 1 aromatic carbocycles. The van der Waals surface area contributed by atoms with E-state index in [1.165, 1.54) is 12.1 Å². The van der Waals surface area contributed by atoms with Crippen molar-refractivity contribution in [3.63, 3.8) is 0 Å². The Kier molecular flexibility index (Phi) is 4.57. The molecule has 0 bridgehead atoms. The first-order valence-electron chi connectivity index (χ1n) is 5.81. The number of ketones is 1. The zero-order valence-corrected chi connectivity index (χ0v) is 10.4. The van der Waals surface area contributed by atoms with Crippen molar-refractivity contribution in [2.75, 3.05) is 18.1 Å². The second-order valence-corrected chi connectivity index (χ2v) is 5.43. The van der Waals surface area contributed by atoms with E-state index in [9.17, 15) is 9.18 Å². The standard InChI is InChI=1S/C13H16FNOS/c14-11-3-1-2-10(6-11)7-13(16)8-12-9-17-5-4-15-12/h1-3,6,12,15H,4-5,7-9H2. The first kappa shape index (κ1) is 12.6. The van der Waals surface area contributed by atoms with Gasteiger partial charge in [0, 0.05) is 36.9 Å². The Balaban J connectivity index is 1.84. The Morgan fingerprint density at radius 2 is 2.41 bits per heavy atom. The summed E-state index contributed by atoms with van der Waals surface area (Å²) in [5, 5.41) is 3.33. The van der Waals surface area contributed by atoms with Gasteiger partial charge in [0.05, 0.1) is 0 Å². The molecule has 0 radical (unpaired) electrons. The third kappa shape index (κ3) is 4.13. The molecule has 2 rings (SSSR count). The lowest BCUT2D eigenvalue weighted by Crippen LogP contribution is -2.39. The summed E-state index contributed by atoms with van der Waals surface area (Å²) < 4.78 is 12.9. The molecule has 0 aliphatic carbocycles. The first-order valence-corrected chi connectivity index (χ1v) is 6.97. The summed E-state index contributed by atoms with van der Waals surface area (Å²) in [6.07, 6.45) is 0.879. The van der Waals surface area contributed by atoms with E-state index in [2.05, 4.69) is 5.32 Å². The van der Waals surface area contributed by atoms with Crippen molar-refractivity contribution in [3.05, 3.63) is 35.6 Å². The van der Waals surface area contributed by atoms with Gasteiger partial charge in [-0.25, -0.2) is 4.39 Å². The summed E-state index contributed by atoms with van der Waals surface area (Å²) in [7, 11) is 0. The van der Waals surface area contributed by atoms with Gasteiger partial charge < -0.3 is 5.32 Å². The van der Waals surface area contributed by atoms with Gasteiger partial charge in [-0.1, -0.05) is 12.1 Å². The first-order chi connectivity index (χ1) is 8.24. The average molecular weight is 253 g/mol. The van der Waals surface area contributed by atoms with E-state index in [1.54, 1.807) is 12.1 Å². The van der Waals surface area contributed by atoms with E-state index >= 15 is 0 Å². The van der Waals surface area contributed by atoms with Gasteiger partial charge in [-0.15, -0.1) is 0 Å². The molecule has 0 amide bonds. The SMILES string of the molecule is O=C(Cc1cccc(F)c1)CC1CSCCN1. The van der Waals surface area contributed by atoms with Crippen molar-refractivity contribution in [2.24, 2.45) is 0 Å². The largest absolute Gasteiger partial charge is 0.312 e. The van der Waals surface area contributed by atoms with E-state index < -0.39 is 0 Å². The molecule has 92 valence electrons. The van der Waals surface area contributed by atoms with Crippen LogP contribution in [0.3, 0.4) is 0 Å². The summed E-state index contributed by atoms with van der Waals surface area (Å²) >= 11 is 1.88. The quantitative estimate of drug-likeness (QED) is 0.890. The molecular weight excluding hydrogens is 237 g/mol. The Morgan fingerprint density at radius 1 is 1.53 bits per heavy atom. The van der Waals surface area contributed by atoms with Crippen LogP contribution in [0.2, 0.25) is 0 Å². The highest BCUT2D eigenvalue weighted by Crippen LogP contribution is 2.12. The van der Waals surface area contributed by atoms with Gasteiger partial charge >= 0.3 is 0 Å². The molecule has 1 aliphatic heterocycles. The van der Waals surface area contributed by atoms with Crippen molar-refractivity contribution in [1.29, 1.82) is 0 Å². The molecule has 2 nitrogen and oxygen atoms in total. The van der Waals surface area contributed by atoms with Crippen LogP contribution >= 0.6 is 11.8 Å². The minimum atomic E-state index is -0.276. The number of nitrogens with one attached hydrogen (secondary N) is 1. The molecule has 0 spiro atoms. The maximum atomic E-state index is 12.9. The maximum absolute atomic E-state index is 12.9. The molecule has 0 aromatic heterocycles. The Bertz CT molecular complexity index is 391. The van der Waals surface area contributed by atoms with Crippen LogP contribution in [-0.4, -0.2) is 29.9 Å². The van der Waals surface area contributed by atoms with Gasteiger partial charge in [-0.2, -0.15) is 11.8 Å². The van der Waals surface area contributed by atoms with Gasteiger partial charge in [0.1, 0.15) is 11.6 Å². The van der Waals surface area contributed by atoms with E-state index in [0.29, 0.717) is 12.8 Å². The van der Waals surface area contributed by atoms with Crippen molar-refractivity contribution < 1.29 is 9.18 Å². The van der Waals surface area contributed by atoms with Crippen LogP contribution in [0.5, 0.6) is 0 Å². The van der Waals surface area contributed by atoms with Crippen molar-refractivity contribution in [2.45, 2.75) is 18.9 Å². The lowest BCUT2D eigenvalue weighted by atomic mass is 10.0. The number of rotatable bonds is 4. The normalized spacial score (nSPS) is 20.2. The summed E-state index contributed by atoms with van der Waals surface area (Å²) in [5.41, 5.74) is 0.762. The number of halogens is 1. The van der Waals surface area contributed by atoms with Crippen LogP contribution in [0.1, 0.15) is 12.0 Å². The van der Waals surface area contributed by atoms with Crippen LogP contribution in [0.25, 0.3) is 0 Å². The van der Waals surface area contributed by atoms with Crippen molar-refractivity contribution in [3.8, 4) is 0 Å². The number of thioether (sulfide) groups is 1.